The van der Waals surface area contributed by atoms with Crippen LogP contribution in [0.4, 0.5) is 11.5 Å². The van der Waals surface area contributed by atoms with Gasteiger partial charge in [-0.2, -0.15) is 5.10 Å². The lowest BCUT2D eigenvalue weighted by Gasteiger charge is -2.15. The summed E-state index contributed by atoms with van der Waals surface area (Å²) < 4.78 is 1.73. The standard InChI is InChI=1S/C20H18ClN5O2/c21-16-6-4-14(5-7-16)11-25-13-17(10-23-25)24-20(28)15-9-19(27)26(12-15)18-3-1-2-8-22-18/h1-8,10,13,15H,9,11-12H2,(H,24,28). The predicted octanol–water partition coefficient (Wildman–Crippen LogP) is 2.97. The van der Waals surface area contributed by atoms with E-state index in [1.165, 1.54) is 0 Å². The molecule has 0 spiro atoms. The van der Waals surface area contributed by atoms with Crippen molar-refractivity contribution in [1.82, 2.24) is 14.8 Å². The lowest BCUT2D eigenvalue weighted by atomic mass is 10.1. The smallest absolute Gasteiger partial charge is 0.229 e. The molecule has 142 valence electrons. The quantitative estimate of drug-likeness (QED) is 0.720. The molecule has 0 bridgehead atoms. The van der Waals surface area contributed by atoms with E-state index >= 15 is 0 Å². The largest absolute Gasteiger partial charge is 0.323 e. The second kappa shape index (κ2) is 7.82. The van der Waals surface area contributed by atoms with Crippen LogP contribution >= 0.6 is 11.6 Å². The third-order valence-corrected chi connectivity index (χ3v) is 4.83. The van der Waals surface area contributed by atoms with E-state index in [1.807, 2.05) is 30.3 Å². The lowest BCUT2D eigenvalue weighted by molar-refractivity contribution is -0.122. The van der Waals surface area contributed by atoms with Crippen LogP contribution in [0, 0.1) is 5.92 Å². The van der Waals surface area contributed by atoms with Gasteiger partial charge < -0.3 is 5.32 Å². The Morgan fingerprint density at radius 1 is 1.21 bits per heavy atom. The number of benzene rings is 1. The van der Waals surface area contributed by atoms with Crippen molar-refractivity contribution < 1.29 is 9.59 Å². The van der Waals surface area contributed by atoms with E-state index < -0.39 is 5.92 Å². The van der Waals surface area contributed by atoms with Gasteiger partial charge in [0.25, 0.3) is 0 Å². The molecule has 1 atom stereocenters. The molecule has 3 heterocycles. The fraction of sp³-hybridized carbons (Fsp3) is 0.200. The average Bonchev–Trinajstić information content (AvgIpc) is 3.31. The van der Waals surface area contributed by atoms with Crippen molar-refractivity contribution in [3.8, 4) is 0 Å². The molecule has 3 aromatic rings. The number of carbonyl (C=O) groups excluding carboxylic acids is 2. The number of nitrogens with zero attached hydrogens (tertiary/aromatic N) is 4. The summed E-state index contributed by atoms with van der Waals surface area (Å²) in [6, 6.07) is 12.9. The number of amides is 2. The Balaban J connectivity index is 1.37. The van der Waals surface area contributed by atoms with Crippen molar-refractivity contribution in [2.45, 2.75) is 13.0 Å². The lowest BCUT2D eigenvalue weighted by Crippen LogP contribution is -2.28. The Hall–Kier alpha value is -3.19. The van der Waals surface area contributed by atoms with Crippen molar-refractivity contribution in [1.29, 1.82) is 0 Å². The first-order valence-electron chi connectivity index (χ1n) is 8.87. The Morgan fingerprint density at radius 3 is 2.79 bits per heavy atom. The van der Waals surface area contributed by atoms with Crippen LogP contribution in [0.5, 0.6) is 0 Å². The molecule has 8 heteroatoms. The topological polar surface area (TPSA) is 80.1 Å². The summed E-state index contributed by atoms with van der Waals surface area (Å²) in [6.45, 7) is 0.892. The van der Waals surface area contributed by atoms with E-state index in [2.05, 4.69) is 15.4 Å². The molecule has 2 amide bonds. The molecule has 0 aliphatic carbocycles. The molecule has 1 N–H and O–H groups in total. The van der Waals surface area contributed by atoms with Crippen molar-refractivity contribution >= 4 is 34.9 Å². The van der Waals surface area contributed by atoms with Crippen LogP contribution in [-0.2, 0) is 16.1 Å². The van der Waals surface area contributed by atoms with Gasteiger partial charge in [-0.15, -0.1) is 0 Å². The van der Waals surface area contributed by atoms with Crippen LogP contribution in [0.25, 0.3) is 0 Å². The van der Waals surface area contributed by atoms with Gasteiger partial charge in [0.05, 0.1) is 24.3 Å². The van der Waals surface area contributed by atoms with Crippen LogP contribution in [0.3, 0.4) is 0 Å². The Labute approximate surface area is 166 Å². The highest BCUT2D eigenvalue weighted by Gasteiger charge is 2.35. The second-order valence-electron chi connectivity index (χ2n) is 6.64. The van der Waals surface area contributed by atoms with Gasteiger partial charge in [-0.05, 0) is 29.8 Å². The summed E-state index contributed by atoms with van der Waals surface area (Å²) >= 11 is 5.90. The van der Waals surface area contributed by atoms with Crippen LogP contribution < -0.4 is 10.2 Å². The minimum absolute atomic E-state index is 0.0997. The van der Waals surface area contributed by atoms with Crippen LogP contribution in [0.2, 0.25) is 5.02 Å². The number of halogens is 1. The van der Waals surface area contributed by atoms with E-state index in [0.717, 1.165) is 5.56 Å². The molecule has 1 aliphatic rings. The number of hydrogen-bond acceptors (Lipinski definition) is 4. The molecule has 1 unspecified atom stereocenters. The van der Waals surface area contributed by atoms with Crippen molar-refractivity contribution in [2.24, 2.45) is 5.92 Å². The molecule has 1 aliphatic heterocycles. The average molecular weight is 396 g/mol. The normalized spacial score (nSPS) is 16.4. The fourth-order valence-corrected chi connectivity index (χ4v) is 3.28. The third kappa shape index (κ3) is 4.04. The molecule has 28 heavy (non-hydrogen) atoms. The van der Waals surface area contributed by atoms with Gasteiger partial charge in [-0.1, -0.05) is 29.8 Å². The van der Waals surface area contributed by atoms with Crippen molar-refractivity contribution in [3.05, 3.63) is 71.6 Å². The van der Waals surface area contributed by atoms with E-state index in [1.54, 1.807) is 40.3 Å². The maximum Gasteiger partial charge on any atom is 0.229 e. The summed E-state index contributed by atoms with van der Waals surface area (Å²) in [5, 5.41) is 7.81. The van der Waals surface area contributed by atoms with Gasteiger partial charge in [-0.25, -0.2) is 4.98 Å². The number of hydrogen-bond donors (Lipinski definition) is 1. The molecule has 2 aromatic heterocycles. The van der Waals surface area contributed by atoms with Crippen molar-refractivity contribution in [2.75, 3.05) is 16.8 Å². The SMILES string of the molecule is O=C(Nc1cnn(Cc2ccc(Cl)cc2)c1)C1CC(=O)N(c2ccccn2)C1. The summed E-state index contributed by atoms with van der Waals surface area (Å²) in [5.74, 6) is -0.150. The highest BCUT2D eigenvalue weighted by molar-refractivity contribution is 6.30. The number of carbonyl (C=O) groups is 2. The van der Waals surface area contributed by atoms with Gasteiger partial charge >= 0.3 is 0 Å². The van der Waals surface area contributed by atoms with Crippen molar-refractivity contribution in [3.63, 3.8) is 0 Å². The van der Waals surface area contributed by atoms with E-state index in [-0.39, 0.29) is 18.2 Å². The molecule has 1 fully saturated rings. The fourth-order valence-electron chi connectivity index (χ4n) is 3.15. The van der Waals surface area contributed by atoms with E-state index in [0.29, 0.717) is 29.6 Å². The number of anilines is 2. The summed E-state index contributed by atoms with van der Waals surface area (Å²) in [4.78, 5) is 30.6. The number of aromatic nitrogens is 3. The monoisotopic (exact) mass is 395 g/mol. The Kier molecular flexibility index (Phi) is 5.08. The zero-order valence-corrected chi connectivity index (χ0v) is 15.7. The van der Waals surface area contributed by atoms with Gasteiger partial charge in [-0.3, -0.25) is 19.2 Å². The first-order valence-corrected chi connectivity index (χ1v) is 9.25. The second-order valence-corrected chi connectivity index (χ2v) is 7.07. The minimum Gasteiger partial charge on any atom is -0.323 e. The Bertz CT molecular complexity index is 987. The zero-order valence-electron chi connectivity index (χ0n) is 15.0. The number of nitrogens with one attached hydrogen (secondary N) is 1. The van der Waals surface area contributed by atoms with Gasteiger partial charge in [0.1, 0.15) is 5.82 Å². The molecule has 4 rings (SSSR count). The highest BCUT2D eigenvalue weighted by Crippen LogP contribution is 2.24. The molecule has 0 saturated carbocycles. The molecular formula is C20H18ClN5O2. The maximum absolute atomic E-state index is 12.6. The molecule has 1 aromatic carbocycles. The van der Waals surface area contributed by atoms with Gasteiger partial charge in [0, 0.05) is 30.4 Å². The highest BCUT2D eigenvalue weighted by atomic mass is 35.5. The van der Waals surface area contributed by atoms with Crippen LogP contribution in [0.1, 0.15) is 12.0 Å². The molecular weight excluding hydrogens is 378 g/mol. The summed E-state index contributed by atoms with van der Waals surface area (Å²) in [7, 11) is 0. The minimum atomic E-state index is -0.422. The third-order valence-electron chi connectivity index (χ3n) is 4.58. The van der Waals surface area contributed by atoms with Gasteiger partial charge in [0.2, 0.25) is 11.8 Å². The maximum atomic E-state index is 12.6. The molecule has 0 radical (unpaired) electrons. The van der Waals surface area contributed by atoms with E-state index in [9.17, 15) is 9.59 Å². The van der Waals surface area contributed by atoms with Gasteiger partial charge in [0.15, 0.2) is 0 Å². The first kappa shape index (κ1) is 18.2. The molecule has 7 nitrogen and oxygen atoms in total. The molecule has 1 saturated heterocycles. The summed E-state index contributed by atoms with van der Waals surface area (Å²) in [5.41, 5.74) is 1.65. The van der Waals surface area contributed by atoms with E-state index in [4.69, 9.17) is 11.6 Å². The van der Waals surface area contributed by atoms with Crippen LogP contribution in [-0.4, -0.2) is 33.1 Å². The first-order chi connectivity index (χ1) is 13.6. The van der Waals surface area contributed by atoms with Crippen LogP contribution in [0.15, 0.2) is 61.1 Å². The zero-order chi connectivity index (χ0) is 19.5. The number of pyridine rings is 1. The number of rotatable bonds is 5. The summed E-state index contributed by atoms with van der Waals surface area (Å²) in [6.07, 6.45) is 5.16. The predicted molar refractivity (Wildman–Crippen MR) is 106 cm³/mol. The Morgan fingerprint density at radius 2 is 2.04 bits per heavy atom.